The Morgan fingerprint density at radius 1 is 1.67 bits per heavy atom. The van der Waals surface area contributed by atoms with Gasteiger partial charge >= 0.3 is 5.97 Å². The topological polar surface area (TPSA) is 29.5 Å². The van der Waals surface area contributed by atoms with Gasteiger partial charge in [-0.3, -0.25) is 4.79 Å². The molecule has 0 N–H and O–H groups in total. The summed E-state index contributed by atoms with van der Waals surface area (Å²) < 4.78 is 4.72. The monoisotopic (exact) mass is 171 g/mol. The maximum atomic E-state index is 11.2. The van der Waals surface area contributed by atoms with Gasteiger partial charge in [-0.15, -0.1) is 0 Å². The molecule has 1 heterocycles. The van der Waals surface area contributed by atoms with Gasteiger partial charge in [0.15, 0.2) is 0 Å². The third kappa shape index (κ3) is 2.21. The molecule has 0 aliphatic carbocycles. The molecule has 0 saturated carbocycles. The van der Waals surface area contributed by atoms with E-state index in [4.69, 9.17) is 4.74 Å². The molecule has 70 valence electrons. The van der Waals surface area contributed by atoms with Crippen molar-refractivity contribution in [2.45, 2.75) is 19.8 Å². The first-order valence-electron chi connectivity index (χ1n) is 4.58. The smallest absolute Gasteiger partial charge is 0.309 e. The highest BCUT2D eigenvalue weighted by molar-refractivity contribution is 5.72. The average molecular weight is 171 g/mol. The Labute approximate surface area is 73.7 Å². The molecule has 12 heavy (non-hydrogen) atoms. The fourth-order valence-electron chi connectivity index (χ4n) is 1.70. The molecule has 1 aliphatic rings. The normalized spacial score (nSPS) is 25.3. The van der Waals surface area contributed by atoms with Gasteiger partial charge in [0, 0.05) is 6.54 Å². The molecule has 0 amide bonds. The SMILES string of the molecule is CCN1CCC[C@H](C(=O)OC)C1. The number of nitrogens with zero attached hydrogens (tertiary/aromatic N) is 1. The Balaban J connectivity index is 2.40. The van der Waals surface area contributed by atoms with E-state index in [2.05, 4.69) is 11.8 Å². The van der Waals surface area contributed by atoms with Gasteiger partial charge < -0.3 is 9.64 Å². The minimum absolute atomic E-state index is 0.0480. The first-order valence-corrected chi connectivity index (χ1v) is 4.58. The van der Waals surface area contributed by atoms with E-state index in [1.165, 1.54) is 7.11 Å². The molecule has 0 aromatic carbocycles. The second-order valence-electron chi connectivity index (χ2n) is 3.26. The van der Waals surface area contributed by atoms with Gasteiger partial charge in [-0.1, -0.05) is 6.92 Å². The predicted octanol–water partition coefficient (Wildman–Crippen LogP) is 0.891. The number of methoxy groups -OCH3 is 1. The molecule has 3 nitrogen and oxygen atoms in total. The quantitative estimate of drug-likeness (QED) is 0.578. The zero-order chi connectivity index (χ0) is 8.97. The first-order chi connectivity index (χ1) is 5.77. The predicted molar refractivity (Wildman–Crippen MR) is 46.9 cm³/mol. The van der Waals surface area contributed by atoms with Crippen LogP contribution in [0.4, 0.5) is 0 Å². The molecule has 0 bridgehead atoms. The van der Waals surface area contributed by atoms with Crippen molar-refractivity contribution in [1.82, 2.24) is 4.90 Å². The van der Waals surface area contributed by atoms with Gasteiger partial charge in [-0.25, -0.2) is 0 Å². The highest BCUT2D eigenvalue weighted by atomic mass is 16.5. The number of piperidine rings is 1. The summed E-state index contributed by atoms with van der Waals surface area (Å²) in [5.41, 5.74) is 0. The average Bonchev–Trinajstić information content (AvgIpc) is 2.17. The number of carbonyl (C=O) groups excluding carboxylic acids is 1. The largest absolute Gasteiger partial charge is 0.469 e. The number of hydrogen-bond donors (Lipinski definition) is 0. The van der Waals surface area contributed by atoms with Crippen LogP contribution in [0.2, 0.25) is 0 Å². The summed E-state index contributed by atoms with van der Waals surface area (Å²) in [6, 6.07) is 0. The van der Waals surface area contributed by atoms with Crippen LogP contribution in [0, 0.1) is 5.92 Å². The fourth-order valence-corrected chi connectivity index (χ4v) is 1.70. The van der Waals surface area contributed by atoms with Crippen LogP contribution >= 0.6 is 0 Å². The van der Waals surface area contributed by atoms with E-state index in [0.29, 0.717) is 0 Å². The third-order valence-electron chi connectivity index (χ3n) is 2.49. The van der Waals surface area contributed by atoms with E-state index < -0.39 is 0 Å². The molecule has 0 aromatic rings. The second kappa shape index (κ2) is 4.45. The van der Waals surface area contributed by atoms with Gasteiger partial charge in [0.05, 0.1) is 13.0 Å². The van der Waals surface area contributed by atoms with Gasteiger partial charge in [-0.05, 0) is 25.9 Å². The molecule has 0 aromatic heterocycles. The van der Waals surface area contributed by atoms with Crippen molar-refractivity contribution in [2.75, 3.05) is 26.7 Å². The lowest BCUT2D eigenvalue weighted by atomic mass is 9.98. The van der Waals surface area contributed by atoms with Crippen molar-refractivity contribution in [1.29, 1.82) is 0 Å². The van der Waals surface area contributed by atoms with Crippen LogP contribution in [0.15, 0.2) is 0 Å². The number of carbonyl (C=O) groups is 1. The van der Waals surface area contributed by atoms with E-state index in [9.17, 15) is 4.79 Å². The lowest BCUT2D eigenvalue weighted by molar-refractivity contribution is -0.147. The van der Waals surface area contributed by atoms with Crippen molar-refractivity contribution < 1.29 is 9.53 Å². The van der Waals surface area contributed by atoms with E-state index in [-0.39, 0.29) is 11.9 Å². The Kier molecular flexibility index (Phi) is 3.53. The van der Waals surface area contributed by atoms with E-state index >= 15 is 0 Å². The molecular formula is C9H17NO2. The van der Waals surface area contributed by atoms with Gasteiger partial charge in [0.25, 0.3) is 0 Å². The van der Waals surface area contributed by atoms with Crippen LogP contribution < -0.4 is 0 Å². The van der Waals surface area contributed by atoms with Crippen molar-refractivity contribution in [2.24, 2.45) is 5.92 Å². The Hall–Kier alpha value is -0.570. The number of esters is 1. The van der Waals surface area contributed by atoms with E-state index in [1.54, 1.807) is 0 Å². The number of rotatable bonds is 2. The molecule has 1 aliphatic heterocycles. The van der Waals surface area contributed by atoms with Crippen LogP contribution in [-0.4, -0.2) is 37.6 Å². The molecule has 1 rings (SSSR count). The minimum Gasteiger partial charge on any atom is -0.469 e. The summed E-state index contributed by atoms with van der Waals surface area (Å²) in [4.78, 5) is 13.5. The lowest BCUT2D eigenvalue weighted by Crippen LogP contribution is -2.38. The summed E-state index contributed by atoms with van der Waals surface area (Å²) in [5.74, 6) is 0.0665. The standard InChI is InChI=1S/C9H17NO2/c1-3-10-6-4-5-8(7-10)9(11)12-2/h8H,3-7H2,1-2H3/t8-/m0/s1. The summed E-state index contributed by atoms with van der Waals surface area (Å²) >= 11 is 0. The van der Waals surface area contributed by atoms with Crippen molar-refractivity contribution in [3.8, 4) is 0 Å². The maximum absolute atomic E-state index is 11.2. The highest BCUT2D eigenvalue weighted by Gasteiger charge is 2.25. The second-order valence-corrected chi connectivity index (χ2v) is 3.26. The van der Waals surface area contributed by atoms with Crippen LogP contribution in [0.5, 0.6) is 0 Å². The van der Waals surface area contributed by atoms with Crippen LogP contribution in [0.3, 0.4) is 0 Å². The van der Waals surface area contributed by atoms with Gasteiger partial charge in [0.1, 0.15) is 0 Å². The molecule has 0 spiro atoms. The zero-order valence-electron chi connectivity index (χ0n) is 7.88. The summed E-state index contributed by atoms with van der Waals surface area (Å²) in [6.45, 7) is 5.17. The summed E-state index contributed by atoms with van der Waals surface area (Å²) in [7, 11) is 1.47. The molecular weight excluding hydrogens is 154 g/mol. The molecule has 1 fully saturated rings. The summed E-state index contributed by atoms with van der Waals surface area (Å²) in [5, 5.41) is 0. The van der Waals surface area contributed by atoms with Gasteiger partial charge in [-0.2, -0.15) is 0 Å². The number of ether oxygens (including phenoxy) is 1. The van der Waals surface area contributed by atoms with Crippen LogP contribution in [0.25, 0.3) is 0 Å². The molecule has 1 saturated heterocycles. The minimum atomic E-state index is -0.0480. The third-order valence-corrected chi connectivity index (χ3v) is 2.49. The fraction of sp³-hybridized carbons (Fsp3) is 0.889. The Morgan fingerprint density at radius 2 is 2.42 bits per heavy atom. The lowest BCUT2D eigenvalue weighted by Gasteiger charge is -2.29. The van der Waals surface area contributed by atoms with E-state index in [0.717, 1.165) is 32.5 Å². The maximum Gasteiger partial charge on any atom is 0.309 e. The number of likely N-dealkylation sites (tertiary alicyclic amines) is 1. The Morgan fingerprint density at radius 3 is 3.00 bits per heavy atom. The zero-order valence-corrected chi connectivity index (χ0v) is 7.88. The molecule has 3 heteroatoms. The molecule has 0 unspecified atom stereocenters. The highest BCUT2D eigenvalue weighted by Crippen LogP contribution is 2.16. The first kappa shape index (κ1) is 9.52. The molecule has 1 atom stereocenters. The summed E-state index contributed by atoms with van der Waals surface area (Å²) in [6.07, 6.45) is 2.11. The van der Waals surface area contributed by atoms with Gasteiger partial charge in [0.2, 0.25) is 0 Å². The van der Waals surface area contributed by atoms with Crippen LogP contribution in [-0.2, 0) is 9.53 Å². The number of hydrogen-bond acceptors (Lipinski definition) is 3. The van der Waals surface area contributed by atoms with Crippen molar-refractivity contribution in [3.05, 3.63) is 0 Å². The van der Waals surface area contributed by atoms with Crippen molar-refractivity contribution >= 4 is 5.97 Å². The molecule has 0 radical (unpaired) electrons. The van der Waals surface area contributed by atoms with Crippen LogP contribution in [0.1, 0.15) is 19.8 Å². The Bertz CT molecular complexity index is 159. The van der Waals surface area contributed by atoms with E-state index in [1.807, 2.05) is 0 Å². The van der Waals surface area contributed by atoms with Crippen molar-refractivity contribution in [3.63, 3.8) is 0 Å².